The molecule has 0 spiro atoms. The Hall–Kier alpha value is -1.84. The van der Waals surface area contributed by atoms with E-state index in [1.165, 1.54) is 25.7 Å². The van der Waals surface area contributed by atoms with E-state index in [1.54, 1.807) is 6.92 Å². The second kappa shape index (κ2) is 9.97. The Morgan fingerprint density at radius 3 is 2.62 bits per heavy atom. The summed E-state index contributed by atoms with van der Waals surface area (Å²) in [5.74, 6) is 0.0428. The standard InChI is InChI=1S/C17H26N2O2/c1-3-4-5-6-7-8-12-17(20)18-16-11-9-10-15(13-16)14(2)19-21/h9-11,13,21H,3-8,12H2,1-2H3,(H,18,20). The van der Waals surface area contributed by atoms with Crippen LogP contribution in [0.3, 0.4) is 0 Å². The van der Waals surface area contributed by atoms with Crippen LogP contribution in [0, 0.1) is 0 Å². The summed E-state index contributed by atoms with van der Waals surface area (Å²) in [6.45, 7) is 3.92. The molecule has 0 atom stereocenters. The fourth-order valence-corrected chi connectivity index (χ4v) is 2.17. The van der Waals surface area contributed by atoms with Crippen LogP contribution in [0.25, 0.3) is 0 Å². The van der Waals surface area contributed by atoms with E-state index in [4.69, 9.17) is 5.21 Å². The molecule has 0 saturated carbocycles. The highest BCUT2D eigenvalue weighted by Gasteiger charge is 2.04. The molecule has 4 nitrogen and oxygen atoms in total. The minimum Gasteiger partial charge on any atom is -0.411 e. The van der Waals surface area contributed by atoms with E-state index in [0.717, 1.165) is 24.1 Å². The lowest BCUT2D eigenvalue weighted by Gasteiger charge is -2.07. The largest absolute Gasteiger partial charge is 0.411 e. The van der Waals surface area contributed by atoms with Crippen molar-refractivity contribution in [3.63, 3.8) is 0 Å². The van der Waals surface area contributed by atoms with Gasteiger partial charge in [0, 0.05) is 17.7 Å². The van der Waals surface area contributed by atoms with Crippen LogP contribution < -0.4 is 5.32 Å². The number of amides is 1. The second-order valence-electron chi connectivity index (χ2n) is 5.33. The van der Waals surface area contributed by atoms with Crippen molar-refractivity contribution in [2.45, 2.75) is 58.8 Å². The zero-order chi connectivity index (χ0) is 15.5. The maximum atomic E-state index is 11.9. The Bertz CT molecular complexity index is 470. The maximum Gasteiger partial charge on any atom is 0.224 e. The Morgan fingerprint density at radius 2 is 1.90 bits per heavy atom. The monoisotopic (exact) mass is 290 g/mol. The fourth-order valence-electron chi connectivity index (χ4n) is 2.17. The third-order valence-electron chi connectivity index (χ3n) is 3.47. The first-order valence-corrected chi connectivity index (χ1v) is 7.76. The van der Waals surface area contributed by atoms with Crippen molar-refractivity contribution in [2.24, 2.45) is 5.16 Å². The van der Waals surface area contributed by atoms with E-state index >= 15 is 0 Å². The third-order valence-corrected chi connectivity index (χ3v) is 3.47. The highest BCUT2D eigenvalue weighted by atomic mass is 16.4. The molecule has 2 N–H and O–H groups in total. The highest BCUT2D eigenvalue weighted by molar-refractivity contribution is 6.00. The van der Waals surface area contributed by atoms with Crippen LogP contribution in [0.15, 0.2) is 29.4 Å². The lowest BCUT2D eigenvalue weighted by molar-refractivity contribution is -0.116. The summed E-state index contributed by atoms with van der Waals surface area (Å²) in [4.78, 5) is 11.9. The number of hydrogen-bond acceptors (Lipinski definition) is 3. The van der Waals surface area contributed by atoms with Gasteiger partial charge in [-0.25, -0.2) is 0 Å². The quantitative estimate of drug-likeness (QED) is 0.303. The van der Waals surface area contributed by atoms with Crippen molar-refractivity contribution in [2.75, 3.05) is 5.32 Å². The first-order chi connectivity index (χ1) is 10.2. The number of carbonyl (C=O) groups is 1. The van der Waals surface area contributed by atoms with Gasteiger partial charge in [0.2, 0.25) is 5.91 Å². The first kappa shape index (κ1) is 17.2. The van der Waals surface area contributed by atoms with Crippen LogP contribution in [-0.4, -0.2) is 16.8 Å². The number of carbonyl (C=O) groups excluding carboxylic acids is 1. The first-order valence-electron chi connectivity index (χ1n) is 7.76. The predicted molar refractivity (Wildman–Crippen MR) is 87.1 cm³/mol. The van der Waals surface area contributed by atoms with Gasteiger partial charge in [-0.2, -0.15) is 0 Å². The van der Waals surface area contributed by atoms with Crippen LogP contribution in [0.4, 0.5) is 5.69 Å². The number of oxime groups is 1. The van der Waals surface area contributed by atoms with Gasteiger partial charge in [0.1, 0.15) is 0 Å². The van der Waals surface area contributed by atoms with Gasteiger partial charge in [-0.1, -0.05) is 56.3 Å². The summed E-state index contributed by atoms with van der Waals surface area (Å²) in [7, 11) is 0. The van der Waals surface area contributed by atoms with Crippen molar-refractivity contribution in [3.8, 4) is 0 Å². The molecule has 21 heavy (non-hydrogen) atoms. The lowest BCUT2D eigenvalue weighted by Crippen LogP contribution is -2.11. The SMILES string of the molecule is CCCCCCCCC(=O)Nc1cccc(C(C)=NO)c1. The molecule has 0 bridgehead atoms. The molecular formula is C17H26N2O2. The lowest BCUT2D eigenvalue weighted by atomic mass is 10.1. The molecule has 0 aromatic heterocycles. The van der Waals surface area contributed by atoms with Crippen molar-refractivity contribution >= 4 is 17.3 Å². The van der Waals surface area contributed by atoms with Gasteiger partial charge < -0.3 is 10.5 Å². The molecule has 0 fully saturated rings. The van der Waals surface area contributed by atoms with Crippen LogP contribution in [0.1, 0.15) is 64.4 Å². The minimum absolute atomic E-state index is 0.0428. The smallest absolute Gasteiger partial charge is 0.224 e. The number of rotatable bonds is 9. The number of hydrogen-bond donors (Lipinski definition) is 2. The van der Waals surface area contributed by atoms with E-state index in [-0.39, 0.29) is 5.91 Å². The number of unbranched alkanes of at least 4 members (excludes halogenated alkanes) is 5. The normalized spacial score (nSPS) is 11.4. The molecule has 0 radical (unpaired) electrons. The predicted octanol–water partition coefficient (Wildman–Crippen LogP) is 4.57. The van der Waals surface area contributed by atoms with E-state index in [2.05, 4.69) is 17.4 Å². The van der Waals surface area contributed by atoms with Crippen molar-refractivity contribution in [3.05, 3.63) is 29.8 Å². The number of nitrogens with one attached hydrogen (secondary N) is 1. The van der Waals surface area contributed by atoms with Crippen LogP contribution >= 0.6 is 0 Å². The van der Waals surface area contributed by atoms with E-state index in [9.17, 15) is 4.79 Å². The molecule has 116 valence electrons. The van der Waals surface area contributed by atoms with Crippen molar-refractivity contribution in [1.82, 2.24) is 0 Å². The summed E-state index contributed by atoms with van der Waals surface area (Å²) < 4.78 is 0. The summed E-state index contributed by atoms with van der Waals surface area (Å²) in [6.07, 6.45) is 7.61. The highest BCUT2D eigenvalue weighted by Crippen LogP contribution is 2.13. The van der Waals surface area contributed by atoms with Crippen LogP contribution in [-0.2, 0) is 4.79 Å². The van der Waals surface area contributed by atoms with Gasteiger partial charge in [0.25, 0.3) is 0 Å². The molecule has 0 aliphatic heterocycles. The van der Waals surface area contributed by atoms with Crippen molar-refractivity contribution < 1.29 is 10.0 Å². The van der Waals surface area contributed by atoms with Gasteiger partial charge in [0.15, 0.2) is 0 Å². The topological polar surface area (TPSA) is 61.7 Å². The van der Waals surface area contributed by atoms with E-state index < -0.39 is 0 Å². The summed E-state index contributed by atoms with van der Waals surface area (Å²) in [5, 5.41) is 14.8. The Morgan fingerprint density at radius 1 is 1.19 bits per heavy atom. The average molecular weight is 290 g/mol. The Labute approximate surface area is 127 Å². The number of anilines is 1. The Kier molecular flexibility index (Phi) is 8.17. The molecule has 4 heteroatoms. The van der Waals surface area contributed by atoms with Gasteiger partial charge in [-0.3, -0.25) is 4.79 Å². The molecule has 1 aromatic carbocycles. The van der Waals surface area contributed by atoms with Crippen LogP contribution in [0.2, 0.25) is 0 Å². The van der Waals surface area contributed by atoms with E-state index in [1.807, 2.05) is 24.3 Å². The van der Waals surface area contributed by atoms with E-state index in [0.29, 0.717) is 12.1 Å². The van der Waals surface area contributed by atoms with Gasteiger partial charge in [-0.15, -0.1) is 0 Å². The zero-order valence-electron chi connectivity index (χ0n) is 13.1. The third kappa shape index (κ3) is 6.93. The molecule has 1 amide bonds. The summed E-state index contributed by atoms with van der Waals surface area (Å²) >= 11 is 0. The summed E-state index contributed by atoms with van der Waals surface area (Å²) in [6, 6.07) is 7.34. The molecular weight excluding hydrogens is 264 g/mol. The molecule has 0 heterocycles. The van der Waals surface area contributed by atoms with Crippen LogP contribution in [0.5, 0.6) is 0 Å². The number of benzene rings is 1. The molecule has 0 unspecified atom stereocenters. The van der Waals surface area contributed by atoms with Crippen molar-refractivity contribution in [1.29, 1.82) is 0 Å². The minimum atomic E-state index is 0.0428. The molecule has 0 aliphatic rings. The second-order valence-corrected chi connectivity index (χ2v) is 5.33. The summed E-state index contributed by atoms with van der Waals surface area (Å²) in [5.41, 5.74) is 2.07. The van der Waals surface area contributed by atoms with Gasteiger partial charge in [0.05, 0.1) is 5.71 Å². The number of nitrogens with zero attached hydrogens (tertiary/aromatic N) is 1. The molecule has 0 aliphatic carbocycles. The van der Waals surface area contributed by atoms with Gasteiger partial charge in [-0.05, 0) is 25.5 Å². The Balaban J connectivity index is 2.34. The average Bonchev–Trinajstić information content (AvgIpc) is 2.50. The van der Waals surface area contributed by atoms with Gasteiger partial charge >= 0.3 is 0 Å². The molecule has 0 saturated heterocycles. The maximum absolute atomic E-state index is 11.9. The fraction of sp³-hybridized carbons (Fsp3) is 0.529. The molecule has 1 rings (SSSR count). The zero-order valence-corrected chi connectivity index (χ0v) is 13.1. The molecule has 1 aromatic rings.